The van der Waals surface area contributed by atoms with Gasteiger partial charge in [-0.3, -0.25) is 4.79 Å². The van der Waals surface area contributed by atoms with Crippen LogP contribution in [-0.2, 0) is 6.54 Å². The van der Waals surface area contributed by atoms with Crippen molar-refractivity contribution in [2.24, 2.45) is 0 Å². The van der Waals surface area contributed by atoms with Gasteiger partial charge >= 0.3 is 0 Å². The molecule has 0 saturated carbocycles. The Kier molecular flexibility index (Phi) is 4.11. The van der Waals surface area contributed by atoms with E-state index in [0.717, 1.165) is 35.8 Å². The van der Waals surface area contributed by atoms with Gasteiger partial charge < -0.3 is 25.4 Å². The summed E-state index contributed by atoms with van der Waals surface area (Å²) in [6.45, 7) is 4.41. The van der Waals surface area contributed by atoms with Gasteiger partial charge in [-0.1, -0.05) is 0 Å². The number of nitrogens with two attached hydrogens (primary N) is 1. The average molecular weight is 371 g/mol. The zero-order chi connectivity index (χ0) is 18.4. The summed E-state index contributed by atoms with van der Waals surface area (Å²) in [5.41, 5.74) is 8.80. The number of benzene rings is 2. The van der Waals surface area contributed by atoms with E-state index in [2.05, 4.69) is 4.90 Å². The van der Waals surface area contributed by atoms with Crippen molar-refractivity contribution < 1.29 is 10.2 Å². The van der Waals surface area contributed by atoms with Crippen molar-refractivity contribution >= 4 is 44.9 Å². The number of nitrogens with zero attached hydrogens (tertiary/aromatic N) is 2. The van der Waals surface area contributed by atoms with Crippen LogP contribution in [0.2, 0.25) is 0 Å². The first kappa shape index (κ1) is 16.9. The maximum Gasteiger partial charge on any atom is 0.201 e. The number of hydrogen-bond acceptors (Lipinski definition) is 6. The molecule has 1 fully saturated rings. The fourth-order valence-corrected chi connectivity index (χ4v) is 4.63. The number of aromatic hydroxyl groups is 2. The first-order chi connectivity index (χ1) is 12.5. The van der Waals surface area contributed by atoms with Crippen molar-refractivity contribution in [3.8, 4) is 11.5 Å². The normalized spacial score (nSPS) is 15.0. The van der Waals surface area contributed by atoms with Gasteiger partial charge in [-0.05, 0) is 19.1 Å². The minimum absolute atomic E-state index is 0.0697. The predicted molar refractivity (Wildman–Crippen MR) is 109 cm³/mol. The van der Waals surface area contributed by atoms with Gasteiger partial charge in [0.05, 0.1) is 27.8 Å². The lowest BCUT2D eigenvalue weighted by Gasteiger charge is -2.30. The molecule has 1 aliphatic rings. The van der Waals surface area contributed by atoms with Gasteiger partial charge in [0.15, 0.2) is 0 Å². The number of fused-ring (bicyclic) bond motifs is 2. The van der Waals surface area contributed by atoms with E-state index in [1.54, 1.807) is 6.07 Å². The zero-order valence-corrected chi connectivity index (χ0v) is 15.3. The fourth-order valence-electron chi connectivity index (χ4n) is 3.73. The highest BCUT2D eigenvalue weighted by atomic mass is 32.2. The fraction of sp³-hybridized carbons (Fsp3) is 0.316. The Labute approximate surface area is 154 Å². The third-order valence-electron chi connectivity index (χ3n) is 4.95. The molecule has 6 nitrogen and oxygen atoms in total. The van der Waals surface area contributed by atoms with Crippen molar-refractivity contribution in [2.45, 2.75) is 13.5 Å². The smallest absolute Gasteiger partial charge is 0.201 e. The number of nitrogen functional groups attached to an aromatic ring is 1. The molecule has 0 atom stereocenters. The number of hydrogen-bond donors (Lipinski definition) is 3. The maximum atomic E-state index is 13.0. The van der Waals surface area contributed by atoms with Gasteiger partial charge in [0.2, 0.25) is 5.43 Å². The number of phenolic OH excluding ortho intramolecular Hbond substituents is 2. The minimum Gasteiger partial charge on any atom is -0.508 e. The number of thioether (sulfide) groups is 1. The lowest BCUT2D eigenvalue weighted by Crippen LogP contribution is -2.33. The Morgan fingerprint density at radius 2 is 1.85 bits per heavy atom. The van der Waals surface area contributed by atoms with E-state index in [9.17, 15) is 15.0 Å². The predicted octanol–water partition coefficient (Wildman–Crippen LogP) is 2.72. The van der Waals surface area contributed by atoms with E-state index in [4.69, 9.17) is 5.73 Å². The molecule has 4 N–H and O–H groups in total. The van der Waals surface area contributed by atoms with Crippen LogP contribution in [0.1, 0.15) is 6.92 Å². The Hall–Kier alpha value is -2.54. The Morgan fingerprint density at radius 3 is 2.54 bits per heavy atom. The number of pyridine rings is 1. The maximum absolute atomic E-state index is 13.0. The molecule has 7 heteroatoms. The monoisotopic (exact) mass is 371 g/mol. The van der Waals surface area contributed by atoms with Crippen molar-refractivity contribution in [1.82, 2.24) is 4.57 Å². The summed E-state index contributed by atoms with van der Waals surface area (Å²) < 4.78 is 1.94. The number of phenols is 2. The molecule has 1 aliphatic heterocycles. The standard InChI is InChI=1S/C19H21N3O3S/c1-2-22-14-10-15(21-3-5-26-6-4-21)13(20)9-12(14)19(25)18-16(22)7-11(23)8-17(18)24/h7-10,23-24H,2-6,20H2,1H3. The Balaban J connectivity index is 2.09. The molecule has 4 rings (SSSR count). The molecule has 3 aromatic rings. The zero-order valence-electron chi connectivity index (χ0n) is 14.5. The van der Waals surface area contributed by atoms with Crippen LogP contribution in [0.5, 0.6) is 11.5 Å². The quantitative estimate of drug-likeness (QED) is 0.474. The summed E-state index contributed by atoms with van der Waals surface area (Å²) in [6, 6.07) is 6.39. The van der Waals surface area contributed by atoms with Gasteiger partial charge in [0.25, 0.3) is 0 Å². The first-order valence-corrected chi connectivity index (χ1v) is 9.81. The van der Waals surface area contributed by atoms with Crippen LogP contribution in [0.3, 0.4) is 0 Å². The van der Waals surface area contributed by atoms with Crippen molar-refractivity contribution in [2.75, 3.05) is 35.2 Å². The second kappa shape index (κ2) is 6.32. The van der Waals surface area contributed by atoms with E-state index >= 15 is 0 Å². The summed E-state index contributed by atoms with van der Waals surface area (Å²) >= 11 is 1.92. The molecule has 0 radical (unpaired) electrons. The minimum atomic E-state index is -0.273. The van der Waals surface area contributed by atoms with Crippen molar-refractivity contribution in [1.29, 1.82) is 0 Å². The highest BCUT2D eigenvalue weighted by molar-refractivity contribution is 7.99. The number of aromatic nitrogens is 1. The molecule has 0 bridgehead atoms. The number of rotatable bonds is 2. The molecule has 2 heterocycles. The van der Waals surface area contributed by atoms with Crippen LogP contribution in [-0.4, -0.2) is 39.4 Å². The summed E-state index contributed by atoms with van der Waals surface area (Å²) in [4.78, 5) is 15.3. The highest BCUT2D eigenvalue weighted by Gasteiger charge is 2.19. The van der Waals surface area contributed by atoms with E-state index < -0.39 is 0 Å². The van der Waals surface area contributed by atoms with Crippen LogP contribution in [0.25, 0.3) is 21.8 Å². The van der Waals surface area contributed by atoms with E-state index in [1.165, 1.54) is 12.1 Å². The molecule has 0 amide bonds. The molecule has 0 unspecified atom stereocenters. The third kappa shape index (κ3) is 2.54. The van der Waals surface area contributed by atoms with Gasteiger partial charge in [0.1, 0.15) is 11.5 Å². The van der Waals surface area contributed by atoms with Gasteiger partial charge in [0, 0.05) is 48.7 Å². The van der Waals surface area contributed by atoms with E-state index in [0.29, 0.717) is 23.1 Å². The second-order valence-corrected chi connectivity index (χ2v) is 7.68. The molecule has 26 heavy (non-hydrogen) atoms. The van der Waals surface area contributed by atoms with E-state index in [-0.39, 0.29) is 22.3 Å². The lowest BCUT2D eigenvalue weighted by atomic mass is 10.1. The molecule has 1 aromatic heterocycles. The SMILES string of the molecule is CCn1c2cc(N3CCSCC3)c(N)cc2c(=O)c2c(O)cc(O)cc21. The highest BCUT2D eigenvalue weighted by Crippen LogP contribution is 2.34. The van der Waals surface area contributed by atoms with Gasteiger partial charge in [-0.25, -0.2) is 0 Å². The molecular weight excluding hydrogens is 350 g/mol. The molecule has 136 valence electrons. The van der Waals surface area contributed by atoms with Gasteiger partial charge in [-0.2, -0.15) is 11.8 Å². The van der Waals surface area contributed by atoms with Crippen LogP contribution in [0.15, 0.2) is 29.1 Å². The van der Waals surface area contributed by atoms with Crippen LogP contribution in [0.4, 0.5) is 11.4 Å². The molecule has 1 saturated heterocycles. The number of aryl methyl sites for hydroxylation is 1. The molecular formula is C19H21N3O3S. The molecule has 2 aromatic carbocycles. The Bertz CT molecular complexity index is 1070. The third-order valence-corrected chi connectivity index (χ3v) is 5.89. The lowest BCUT2D eigenvalue weighted by molar-refractivity contribution is 0.454. The largest absolute Gasteiger partial charge is 0.508 e. The first-order valence-electron chi connectivity index (χ1n) is 8.65. The molecule has 0 spiro atoms. The number of anilines is 2. The molecule has 0 aliphatic carbocycles. The van der Waals surface area contributed by atoms with Crippen LogP contribution < -0.4 is 16.1 Å². The van der Waals surface area contributed by atoms with Crippen LogP contribution in [0, 0.1) is 0 Å². The summed E-state index contributed by atoms with van der Waals surface area (Å²) in [5, 5.41) is 20.8. The van der Waals surface area contributed by atoms with Crippen LogP contribution >= 0.6 is 11.8 Å². The topological polar surface area (TPSA) is 91.7 Å². The summed E-state index contributed by atoms with van der Waals surface area (Å²) in [7, 11) is 0. The second-order valence-electron chi connectivity index (χ2n) is 6.46. The Morgan fingerprint density at radius 1 is 1.12 bits per heavy atom. The van der Waals surface area contributed by atoms with Crippen molar-refractivity contribution in [3.05, 3.63) is 34.5 Å². The van der Waals surface area contributed by atoms with Crippen molar-refractivity contribution in [3.63, 3.8) is 0 Å². The summed E-state index contributed by atoms with van der Waals surface area (Å²) in [5.74, 6) is 1.82. The van der Waals surface area contributed by atoms with Gasteiger partial charge in [-0.15, -0.1) is 0 Å². The van der Waals surface area contributed by atoms with E-state index in [1.807, 2.05) is 29.3 Å². The average Bonchev–Trinajstić information content (AvgIpc) is 2.62. The summed E-state index contributed by atoms with van der Waals surface area (Å²) in [6.07, 6.45) is 0.